The van der Waals surface area contributed by atoms with Crippen molar-refractivity contribution in [2.24, 2.45) is 0 Å². The smallest absolute Gasteiger partial charge is 0.129 e. The maximum atomic E-state index is 13.5. The van der Waals surface area contributed by atoms with Crippen molar-refractivity contribution in [3.63, 3.8) is 0 Å². The lowest BCUT2D eigenvalue weighted by molar-refractivity contribution is 0.299. The van der Waals surface area contributed by atoms with E-state index in [0.29, 0.717) is 10.6 Å². The summed E-state index contributed by atoms with van der Waals surface area (Å²) in [6.07, 6.45) is 0. The number of hydrogen-bond donors (Lipinski definition) is 0. The van der Waals surface area contributed by atoms with Crippen LogP contribution in [0.2, 0.25) is 5.02 Å². The van der Waals surface area contributed by atoms with Crippen molar-refractivity contribution >= 4 is 11.6 Å². The maximum absolute atomic E-state index is 13.5. The van der Waals surface area contributed by atoms with Gasteiger partial charge in [0, 0.05) is 10.6 Å². The highest BCUT2D eigenvalue weighted by molar-refractivity contribution is 6.30. The highest BCUT2D eigenvalue weighted by Crippen LogP contribution is 2.20. The Bertz CT molecular complexity index is 546. The zero-order chi connectivity index (χ0) is 13.1. The van der Waals surface area contributed by atoms with Crippen LogP contribution in [0.3, 0.4) is 0 Å². The quantitative estimate of drug-likeness (QED) is 0.782. The van der Waals surface area contributed by atoms with Gasteiger partial charge in [-0.3, -0.25) is 0 Å². The predicted octanol–water partition coefficient (Wildman–Crippen LogP) is 4.67. The van der Waals surface area contributed by atoms with Gasteiger partial charge in [0.15, 0.2) is 0 Å². The first kappa shape index (κ1) is 12.9. The molecule has 2 rings (SSSR count). The van der Waals surface area contributed by atoms with Crippen LogP contribution in [-0.4, -0.2) is 0 Å². The van der Waals surface area contributed by atoms with Crippen molar-refractivity contribution in [3.8, 4) is 5.75 Å². The summed E-state index contributed by atoms with van der Waals surface area (Å²) in [5.41, 5.74) is 2.70. The van der Waals surface area contributed by atoms with Crippen molar-refractivity contribution in [3.05, 3.63) is 63.9 Å². The molecule has 0 saturated carbocycles. The summed E-state index contributed by atoms with van der Waals surface area (Å²) in [6.45, 7) is 4.18. The van der Waals surface area contributed by atoms with E-state index in [1.807, 2.05) is 26.0 Å². The second-order valence-corrected chi connectivity index (χ2v) is 4.78. The highest BCUT2D eigenvalue weighted by Gasteiger charge is 2.04. The molecular weight excluding hydrogens is 251 g/mol. The van der Waals surface area contributed by atoms with Crippen molar-refractivity contribution in [2.45, 2.75) is 20.5 Å². The summed E-state index contributed by atoms with van der Waals surface area (Å²) in [5.74, 6) is 0.440. The Hall–Kier alpha value is -1.54. The Labute approximate surface area is 111 Å². The molecule has 0 unspecified atom stereocenters. The van der Waals surface area contributed by atoms with Crippen LogP contribution >= 0.6 is 11.6 Å². The molecule has 0 radical (unpaired) electrons. The predicted molar refractivity (Wildman–Crippen MR) is 71.7 cm³/mol. The fourth-order valence-corrected chi connectivity index (χ4v) is 2.03. The number of rotatable bonds is 3. The lowest BCUT2D eigenvalue weighted by Crippen LogP contribution is -1.99. The molecule has 18 heavy (non-hydrogen) atoms. The van der Waals surface area contributed by atoms with Gasteiger partial charge in [-0.1, -0.05) is 17.7 Å². The van der Waals surface area contributed by atoms with Crippen molar-refractivity contribution in [2.75, 3.05) is 0 Å². The molecule has 1 nitrogen and oxygen atoms in total. The minimum Gasteiger partial charge on any atom is -0.489 e. The van der Waals surface area contributed by atoms with Crippen LogP contribution in [0.5, 0.6) is 5.75 Å². The number of benzene rings is 2. The summed E-state index contributed by atoms with van der Waals surface area (Å²) in [7, 11) is 0. The fraction of sp³-hybridized carbons (Fsp3) is 0.200. The average molecular weight is 265 g/mol. The topological polar surface area (TPSA) is 9.23 Å². The van der Waals surface area contributed by atoms with E-state index in [9.17, 15) is 4.39 Å². The van der Waals surface area contributed by atoms with E-state index in [2.05, 4.69) is 6.07 Å². The molecule has 2 aromatic carbocycles. The van der Waals surface area contributed by atoms with Crippen LogP contribution in [0.4, 0.5) is 4.39 Å². The molecule has 0 aliphatic rings. The van der Waals surface area contributed by atoms with Crippen LogP contribution in [0.25, 0.3) is 0 Å². The highest BCUT2D eigenvalue weighted by atomic mass is 35.5. The molecular formula is C15H14ClFO. The Balaban J connectivity index is 2.13. The summed E-state index contributed by atoms with van der Waals surface area (Å²) in [4.78, 5) is 0. The summed E-state index contributed by atoms with van der Waals surface area (Å²) in [5, 5.41) is 0.510. The third-order valence-electron chi connectivity index (χ3n) is 2.60. The number of hydrogen-bond acceptors (Lipinski definition) is 1. The zero-order valence-electron chi connectivity index (χ0n) is 10.3. The molecule has 0 amide bonds. The van der Waals surface area contributed by atoms with Crippen molar-refractivity contribution in [1.82, 2.24) is 0 Å². The van der Waals surface area contributed by atoms with E-state index in [1.54, 1.807) is 6.07 Å². The first-order valence-electron chi connectivity index (χ1n) is 5.69. The maximum Gasteiger partial charge on any atom is 0.129 e. The molecule has 2 aromatic rings. The molecule has 0 atom stereocenters. The van der Waals surface area contributed by atoms with Crippen LogP contribution in [-0.2, 0) is 6.61 Å². The molecule has 0 bridgehead atoms. The third kappa shape index (κ3) is 3.23. The van der Waals surface area contributed by atoms with E-state index < -0.39 is 0 Å². The van der Waals surface area contributed by atoms with E-state index in [0.717, 1.165) is 16.9 Å². The van der Waals surface area contributed by atoms with E-state index in [-0.39, 0.29) is 12.4 Å². The Kier molecular flexibility index (Phi) is 3.87. The van der Waals surface area contributed by atoms with Crippen LogP contribution < -0.4 is 4.74 Å². The summed E-state index contributed by atoms with van der Waals surface area (Å²) < 4.78 is 19.1. The minimum absolute atomic E-state index is 0.176. The van der Waals surface area contributed by atoms with Gasteiger partial charge in [-0.2, -0.15) is 0 Å². The molecule has 0 heterocycles. The van der Waals surface area contributed by atoms with Gasteiger partial charge in [-0.25, -0.2) is 4.39 Å². The van der Waals surface area contributed by atoms with Gasteiger partial charge in [-0.15, -0.1) is 0 Å². The molecule has 0 aliphatic carbocycles. The summed E-state index contributed by atoms with van der Waals surface area (Å²) in [6, 6.07) is 10.4. The lowest BCUT2D eigenvalue weighted by Gasteiger charge is -2.09. The average Bonchev–Trinajstić information content (AvgIpc) is 2.29. The SMILES string of the molecule is Cc1cc(C)cc(OCc2cc(Cl)ccc2F)c1. The number of ether oxygens (including phenoxy) is 1. The van der Waals surface area contributed by atoms with Crippen molar-refractivity contribution in [1.29, 1.82) is 0 Å². The van der Waals surface area contributed by atoms with Gasteiger partial charge in [0.05, 0.1) is 0 Å². The molecule has 3 heteroatoms. The first-order chi connectivity index (χ1) is 8.54. The molecule has 0 aliphatic heterocycles. The van der Waals surface area contributed by atoms with Crippen molar-refractivity contribution < 1.29 is 9.13 Å². The van der Waals surface area contributed by atoms with Gasteiger partial charge in [0.25, 0.3) is 0 Å². The number of halogens is 2. The monoisotopic (exact) mass is 264 g/mol. The second kappa shape index (κ2) is 5.40. The fourth-order valence-electron chi connectivity index (χ4n) is 1.83. The van der Waals surface area contributed by atoms with Gasteiger partial charge < -0.3 is 4.74 Å². The van der Waals surface area contributed by atoms with Crippen LogP contribution in [0.1, 0.15) is 16.7 Å². The molecule has 0 spiro atoms. The van der Waals surface area contributed by atoms with Gasteiger partial charge in [0.2, 0.25) is 0 Å². The molecule has 0 fully saturated rings. The largest absolute Gasteiger partial charge is 0.489 e. The molecule has 94 valence electrons. The zero-order valence-corrected chi connectivity index (χ0v) is 11.1. The normalized spacial score (nSPS) is 10.4. The van der Waals surface area contributed by atoms with Gasteiger partial charge in [0.1, 0.15) is 18.2 Å². The Morgan fingerprint density at radius 2 is 1.72 bits per heavy atom. The van der Waals surface area contributed by atoms with E-state index >= 15 is 0 Å². The van der Waals surface area contributed by atoms with E-state index in [1.165, 1.54) is 12.1 Å². The Morgan fingerprint density at radius 3 is 2.39 bits per heavy atom. The molecule has 0 saturated heterocycles. The lowest BCUT2D eigenvalue weighted by atomic mass is 10.1. The van der Waals surface area contributed by atoms with Crippen LogP contribution in [0.15, 0.2) is 36.4 Å². The second-order valence-electron chi connectivity index (χ2n) is 4.35. The van der Waals surface area contributed by atoms with Crippen LogP contribution in [0, 0.1) is 19.7 Å². The van der Waals surface area contributed by atoms with Gasteiger partial charge in [-0.05, 0) is 55.3 Å². The minimum atomic E-state index is -0.302. The summed E-state index contributed by atoms with van der Waals surface area (Å²) >= 11 is 5.83. The first-order valence-corrected chi connectivity index (χ1v) is 6.07. The van der Waals surface area contributed by atoms with E-state index in [4.69, 9.17) is 16.3 Å². The number of aryl methyl sites for hydroxylation is 2. The molecule has 0 N–H and O–H groups in total. The molecule has 0 aromatic heterocycles. The van der Waals surface area contributed by atoms with Gasteiger partial charge >= 0.3 is 0 Å². The standard InChI is InChI=1S/C15H14ClFO/c1-10-5-11(2)7-14(6-10)18-9-12-8-13(16)3-4-15(12)17/h3-8H,9H2,1-2H3. The Morgan fingerprint density at radius 1 is 1.06 bits per heavy atom. The third-order valence-corrected chi connectivity index (χ3v) is 2.83.